The number of aromatic nitrogens is 2. The number of amides is 2. The van der Waals surface area contributed by atoms with E-state index < -0.39 is 5.91 Å². The van der Waals surface area contributed by atoms with Crippen molar-refractivity contribution in [2.75, 3.05) is 36.7 Å². The van der Waals surface area contributed by atoms with Crippen LogP contribution < -0.4 is 20.3 Å². The normalized spacial score (nSPS) is 10.4. The predicted octanol–water partition coefficient (Wildman–Crippen LogP) is 4.32. The molecule has 2 amide bonds. The molecule has 0 saturated heterocycles. The van der Waals surface area contributed by atoms with E-state index in [1.165, 1.54) is 0 Å². The molecule has 1 heterocycles. The van der Waals surface area contributed by atoms with Crippen molar-refractivity contribution in [2.45, 2.75) is 0 Å². The molecule has 34 heavy (non-hydrogen) atoms. The van der Waals surface area contributed by atoms with E-state index in [9.17, 15) is 9.59 Å². The molecule has 0 unspecified atom stereocenters. The third-order valence-corrected chi connectivity index (χ3v) is 5.01. The molecule has 9 nitrogen and oxygen atoms in total. The summed E-state index contributed by atoms with van der Waals surface area (Å²) in [7, 11) is 5.44. The number of methoxy groups -OCH3 is 1. The van der Waals surface area contributed by atoms with Gasteiger partial charge in [0, 0.05) is 42.2 Å². The molecule has 4 rings (SSSR count). The molecule has 0 aliphatic heterocycles. The molecule has 0 aliphatic carbocycles. The number of anilines is 3. The summed E-state index contributed by atoms with van der Waals surface area (Å²) < 4.78 is 10.7. The maximum absolute atomic E-state index is 12.7. The molecule has 3 aromatic carbocycles. The van der Waals surface area contributed by atoms with Gasteiger partial charge in [-0.05, 0) is 66.7 Å². The van der Waals surface area contributed by atoms with Gasteiger partial charge in [0.25, 0.3) is 11.8 Å². The van der Waals surface area contributed by atoms with Crippen LogP contribution in [-0.4, -0.2) is 43.2 Å². The molecular formula is C25H23N5O4. The van der Waals surface area contributed by atoms with Gasteiger partial charge in [-0.1, -0.05) is 11.2 Å². The van der Waals surface area contributed by atoms with E-state index in [2.05, 4.69) is 20.8 Å². The minimum Gasteiger partial charge on any atom is -0.497 e. The lowest BCUT2D eigenvalue weighted by molar-refractivity contribution is 0.101. The lowest BCUT2D eigenvalue weighted by Gasteiger charge is -2.12. The van der Waals surface area contributed by atoms with E-state index in [-0.39, 0.29) is 17.8 Å². The zero-order valence-electron chi connectivity index (χ0n) is 18.9. The van der Waals surface area contributed by atoms with Gasteiger partial charge in [-0.25, -0.2) is 0 Å². The first kappa shape index (κ1) is 22.5. The number of nitrogens with one attached hydrogen (secondary N) is 2. The maximum Gasteiger partial charge on any atom is 0.322 e. The van der Waals surface area contributed by atoms with E-state index in [1.807, 2.05) is 31.1 Å². The first-order valence-electron chi connectivity index (χ1n) is 10.4. The SMILES string of the molecule is COc1ccc(-c2nnc(NC(=O)c3cccc(NC(=O)c4ccc(N(C)C)cc4)c3)o2)cc1. The Kier molecular flexibility index (Phi) is 6.54. The Bertz CT molecular complexity index is 1300. The van der Waals surface area contributed by atoms with Gasteiger partial charge in [-0.2, -0.15) is 0 Å². The molecule has 9 heteroatoms. The zero-order chi connectivity index (χ0) is 24.1. The summed E-state index contributed by atoms with van der Waals surface area (Å²) in [6.07, 6.45) is 0. The molecule has 0 spiro atoms. The van der Waals surface area contributed by atoms with E-state index in [4.69, 9.17) is 9.15 Å². The molecule has 0 bridgehead atoms. The smallest absolute Gasteiger partial charge is 0.322 e. The van der Waals surface area contributed by atoms with E-state index >= 15 is 0 Å². The summed E-state index contributed by atoms with van der Waals surface area (Å²) in [5.74, 6) is 0.244. The van der Waals surface area contributed by atoms with Crippen LogP contribution in [0.2, 0.25) is 0 Å². The quantitative estimate of drug-likeness (QED) is 0.425. The van der Waals surface area contributed by atoms with Crippen molar-refractivity contribution >= 4 is 29.2 Å². The average molecular weight is 457 g/mol. The molecule has 4 aromatic rings. The van der Waals surface area contributed by atoms with Crippen molar-refractivity contribution in [3.05, 3.63) is 83.9 Å². The second-order valence-electron chi connectivity index (χ2n) is 7.57. The molecule has 0 saturated carbocycles. The fourth-order valence-corrected chi connectivity index (χ4v) is 3.15. The molecule has 2 N–H and O–H groups in total. The number of hydrogen-bond acceptors (Lipinski definition) is 7. The third-order valence-electron chi connectivity index (χ3n) is 5.01. The monoisotopic (exact) mass is 457 g/mol. The number of carbonyl (C=O) groups excluding carboxylic acids is 2. The Morgan fingerprint density at radius 2 is 1.56 bits per heavy atom. The number of hydrogen-bond donors (Lipinski definition) is 2. The first-order chi connectivity index (χ1) is 16.4. The van der Waals surface area contributed by atoms with Crippen LogP contribution in [0.4, 0.5) is 17.4 Å². The van der Waals surface area contributed by atoms with Gasteiger partial charge in [-0.3, -0.25) is 14.9 Å². The summed E-state index contributed by atoms with van der Waals surface area (Å²) in [6.45, 7) is 0. The highest BCUT2D eigenvalue weighted by atomic mass is 16.5. The zero-order valence-corrected chi connectivity index (χ0v) is 18.9. The highest BCUT2D eigenvalue weighted by molar-refractivity contribution is 6.07. The van der Waals surface area contributed by atoms with Crippen molar-refractivity contribution in [1.82, 2.24) is 10.2 Å². The lowest BCUT2D eigenvalue weighted by Crippen LogP contribution is -2.15. The van der Waals surface area contributed by atoms with Crippen LogP contribution in [0.25, 0.3) is 11.5 Å². The number of carbonyl (C=O) groups is 2. The van der Waals surface area contributed by atoms with Crippen molar-refractivity contribution < 1.29 is 18.7 Å². The van der Waals surface area contributed by atoms with Gasteiger partial charge in [0.1, 0.15) is 5.75 Å². The van der Waals surface area contributed by atoms with Crippen molar-refractivity contribution in [1.29, 1.82) is 0 Å². The van der Waals surface area contributed by atoms with Gasteiger partial charge in [0.05, 0.1) is 7.11 Å². The second kappa shape index (κ2) is 9.86. The van der Waals surface area contributed by atoms with Crippen molar-refractivity contribution in [3.8, 4) is 17.2 Å². The second-order valence-corrected chi connectivity index (χ2v) is 7.57. The fourth-order valence-electron chi connectivity index (χ4n) is 3.15. The Morgan fingerprint density at radius 3 is 2.24 bits per heavy atom. The Morgan fingerprint density at radius 1 is 0.853 bits per heavy atom. The van der Waals surface area contributed by atoms with E-state index in [0.717, 1.165) is 5.69 Å². The summed E-state index contributed by atoms with van der Waals surface area (Å²) in [5, 5.41) is 13.2. The summed E-state index contributed by atoms with van der Waals surface area (Å²) in [5.41, 5.74) is 3.00. The standard InChI is InChI=1S/C25H23N5O4/c1-30(2)20-11-7-16(8-12-20)22(31)26-19-6-4-5-18(15-19)23(32)27-25-29-28-24(34-25)17-9-13-21(33-3)14-10-17/h4-15H,1-3H3,(H,26,31)(H,27,29,32). The number of ether oxygens (including phenoxy) is 1. The highest BCUT2D eigenvalue weighted by Crippen LogP contribution is 2.23. The lowest BCUT2D eigenvalue weighted by atomic mass is 10.1. The molecule has 1 aromatic heterocycles. The van der Waals surface area contributed by atoms with Crippen LogP contribution in [0.5, 0.6) is 5.75 Å². The maximum atomic E-state index is 12.7. The Hall–Kier alpha value is -4.66. The van der Waals surface area contributed by atoms with Crippen LogP contribution >= 0.6 is 0 Å². The fraction of sp³-hybridized carbons (Fsp3) is 0.120. The largest absolute Gasteiger partial charge is 0.497 e. The van der Waals surface area contributed by atoms with Crippen molar-refractivity contribution in [2.24, 2.45) is 0 Å². The number of rotatable bonds is 7. The van der Waals surface area contributed by atoms with Crippen LogP contribution in [0.15, 0.2) is 77.2 Å². The van der Waals surface area contributed by atoms with E-state index in [0.29, 0.717) is 28.1 Å². The van der Waals surface area contributed by atoms with Crippen LogP contribution in [0, 0.1) is 0 Å². The third kappa shape index (κ3) is 5.21. The van der Waals surface area contributed by atoms with Gasteiger partial charge < -0.3 is 19.4 Å². The minimum atomic E-state index is -0.448. The number of nitrogens with zero attached hydrogens (tertiary/aromatic N) is 3. The van der Waals surface area contributed by atoms with Crippen molar-refractivity contribution in [3.63, 3.8) is 0 Å². The summed E-state index contributed by atoms with van der Waals surface area (Å²) in [6, 6.07) is 20.9. The average Bonchev–Trinajstić information content (AvgIpc) is 3.32. The topological polar surface area (TPSA) is 110 Å². The first-order valence-corrected chi connectivity index (χ1v) is 10.4. The van der Waals surface area contributed by atoms with Gasteiger partial charge in [0.15, 0.2) is 0 Å². The number of benzene rings is 3. The molecular weight excluding hydrogens is 434 g/mol. The van der Waals surface area contributed by atoms with Gasteiger partial charge >= 0.3 is 6.01 Å². The minimum absolute atomic E-state index is 0.0359. The highest BCUT2D eigenvalue weighted by Gasteiger charge is 2.14. The molecule has 0 fully saturated rings. The van der Waals surface area contributed by atoms with E-state index in [1.54, 1.807) is 67.8 Å². The molecule has 0 atom stereocenters. The predicted molar refractivity (Wildman–Crippen MR) is 129 cm³/mol. The Balaban J connectivity index is 1.41. The molecule has 0 radical (unpaired) electrons. The van der Waals surface area contributed by atoms with Crippen LogP contribution in [-0.2, 0) is 0 Å². The summed E-state index contributed by atoms with van der Waals surface area (Å²) in [4.78, 5) is 27.2. The van der Waals surface area contributed by atoms with Crippen LogP contribution in [0.1, 0.15) is 20.7 Å². The molecule has 0 aliphatic rings. The van der Waals surface area contributed by atoms with Gasteiger partial charge in [-0.15, -0.1) is 5.10 Å². The van der Waals surface area contributed by atoms with Crippen LogP contribution in [0.3, 0.4) is 0 Å². The summed E-state index contributed by atoms with van der Waals surface area (Å²) >= 11 is 0. The molecule has 172 valence electrons. The van der Waals surface area contributed by atoms with Gasteiger partial charge in [0.2, 0.25) is 5.89 Å². The Labute approximate surface area is 196 Å².